The number of hydrogen-bond donors (Lipinski definition) is 1. The summed E-state index contributed by atoms with van der Waals surface area (Å²) in [6.45, 7) is 0.967. The molecule has 2 aliphatic rings. The third-order valence-corrected chi connectivity index (χ3v) is 4.91. The highest BCUT2D eigenvalue weighted by molar-refractivity contribution is 6.33. The smallest absolute Gasteiger partial charge is 0.337 e. The number of anilines is 1. The van der Waals surface area contributed by atoms with E-state index in [1.807, 2.05) is 0 Å². The zero-order valence-corrected chi connectivity index (χ0v) is 12.1. The first kappa shape index (κ1) is 13.7. The van der Waals surface area contributed by atoms with Crippen molar-refractivity contribution in [3.05, 3.63) is 22.8 Å². The number of aromatic nitrogens is 1. The molecule has 2 fully saturated rings. The summed E-state index contributed by atoms with van der Waals surface area (Å²) in [5.41, 5.74) is 0.148. The van der Waals surface area contributed by atoms with Gasteiger partial charge in [0.25, 0.3) is 0 Å². The van der Waals surface area contributed by atoms with E-state index in [-0.39, 0.29) is 10.6 Å². The monoisotopic (exact) mass is 294 g/mol. The van der Waals surface area contributed by atoms with Crippen molar-refractivity contribution in [1.82, 2.24) is 4.98 Å². The molecule has 1 aliphatic heterocycles. The zero-order valence-electron chi connectivity index (χ0n) is 11.4. The van der Waals surface area contributed by atoms with Crippen LogP contribution in [0.15, 0.2) is 12.3 Å². The van der Waals surface area contributed by atoms with Crippen molar-refractivity contribution in [2.45, 2.75) is 44.6 Å². The molecule has 2 unspecified atom stereocenters. The standard InChI is InChI=1S/C15H19ClN2O2/c16-12-9-17-14(8-11(12)15(19)20)18-7-3-5-10-4-1-2-6-13(10)18/h8-10,13H,1-7H2,(H,19,20). The third-order valence-electron chi connectivity index (χ3n) is 4.61. The quantitative estimate of drug-likeness (QED) is 0.905. The number of fused-ring (bicyclic) bond motifs is 1. The van der Waals surface area contributed by atoms with Crippen molar-refractivity contribution in [3.63, 3.8) is 0 Å². The highest BCUT2D eigenvalue weighted by Gasteiger charge is 2.34. The van der Waals surface area contributed by atoms with Crippen LogP contribution < -0.4 is 4.90 Å². The Labute approximate surface area is 123 Å². The van der Waals surface area contributed by atoms with Gasteiger partial charge in [0.05, 0.1) is 10.6 Å². The van der Waals surface area contributed by atoms with Crippen molar-refractivity contribution in [1.29, 1.82) is 0 Å². The van der Waals surface area contributed by atoms with Crippen LogP contribution in [0.4, 0.5) is 5.82 Å². The summed E-state index contributed by atoms with van der Waals surface area (Å²) in [6.07, 6.45) is 8.99. The van der Waals surface area contributed by atoms with Crippen LogP contribution >= 0.6 is 11.6 Å². The number of piperidine rings is 1. The summed E-state index contributed by atoms with van der Waals surface area (Å²) >= 11 is 5.91. The van der Waals surface area contributed by atoms with Gasteiger partial charge in [0.1, 0.15) is 5.82 Å². The molecule has 1 aromatic rings. The highest BCUT2D eigenvalue weighted by Crippen LogP contribution is 2.37. The molecular weight excluding hydrogens is 276 g/mol. The molecule has 1 aromatic heterocycles. The fourth-order valence-corrected chi connectivity index (χ4v) is 3.84. The molecular formula is C15H19ClN2O2. The van der Waals surface area contributed by atoms with E-state index in [1.165, 1.54) is 38.3 Å². The predicted molar refractivity (Wildman–Crippen MR) is 78.5 cm³/mol. The number of carboxylic acids is 1. The van der Waals surface area contributed by atoms with E-state index in [0.29, 0.717) is 6.04 Å². The highest BCUT2D eigenvalue weighted by atomic mass is 35.5. The number of hydrogen-bond acceptors (Lipinski definition) is 3. The summed E-state index contributed by atoms with van der Waals surface area (Å²) in [7, 11) is 0. The van der Waals surface area contributed by atoms with Gasteiger partial charge in [-0.15, -0.1) is 0 Å². The van der Waals surface area contributed by atoms with Crippen molar-refractivity contribution in [3.8, 4) is 0 Å². The normalized spacial score (nSPS) is 26.1. The Hall–Kier alpha value is -1.29. The lowest BCUT2D eigenvalue weighted by Crippen LogP contribution is -2.47. The van der Waals surface area contributed by atoms with Crippen molar-refractivity contribution < 1.29 is 9.90 Å². The first-order chi connectivity index (χ1) is 9.66. The van der Waals surface area contributed by atoms with Gasteiger partial charge in [-0.2, -0.15) is 0 Å². The molecule has 108 valence electrons. The molecule has 0 spiro atoms. The van der Waals surface area contributed by atoms with Crippen molar-refractivity contribution >= 4 is 23.4 Å². The van der Waals surface area contributed by atoms with Crippen LogP contribution in [0.25, 0.3) is 0 Å². The summed E-state index contributed by atoms with van der Waals surface area (Å²) in [5.74, 6) is 0.516. The Morgan fingerprint density at radius 3 is 2.85 bits per heavy atom. The SMILES string of the molecule is O=C(O)c1cc(N2CCCC3CCCCC32)ncc1Cl. The second-order valence-corrected chi connectivity index (χ2v) is 6.18. The van der Waals surface area contributed by atoms with Crippen LogP contribution in [0.1, 0.15) is 48.9 Å². The van der Waals surface area contributed by atoms with Gasteiger partial charge >= 0.3 is 5.97 Å². The van der Waals surface area contributed by atoms with Crippen LogP contribution in [0.3, 0.4) is 0 Å². The summed E-state index contributed by atoms with van der Waals surface area (Å²) in [6, 6.07) is 2.15. The minimum absolute atomic E-state index is 0.148. The fraction of sp³-hybridized carbons (Fsp3) is 0.600. The van der Waals surface area contributed by atoms with E-state index < -0.39 is 5.97 Å². The van der Waals surface area contributed by atoms with E-state index in [9.17, 15) is 9.90 Å². The van der Waals surface area contributed by atoms with Crippen LogP contribution in [0, 0.1) is 5.92 Å². The minimum atomic E-state index is -0.990. The number of aromatic carboxylic acids is 1. The molecule has 2 heterocycles. The van der Waals surface area contributed by atoms with Gasteiger partial charge in [0.2, 0.25) is 0 Å². The number of carbonyl (C=O) groups is 1. The molecule has 1 saturated heterocycles. The maximum atomic E-state index is 11.2. The maximum absolute atomic E-state index is 11.2. The van der Waals surface area contributed by atoms with Gasteiger partial charge in [-0.25, -0.2) is 9.78 Å². The Bertz CT molecular complexity index is 519. The van der Waals surface area contributed by atoms with E-state index in [4.69, 9.17) is 11.6 Å². The van der Waals surface area contributed by atoms with Crippen LogP contribution in [0.2, 0.25) is 5.02 Å². The number of halogens is 1. The molecule has 0 radical (unpaired) electrons. The van der Waals surface area contributed by atoms with Crippen LogP contribution in [0.5, 0.6) is 0 Å². The second kappa shape index (κ2) is 5.60. The van der Waals surface area contributed by atoms with Crippen LogP contribution in [-0.4, -0.2) is 28.6 Å². The van der Waals surface area contributed by atoms with E-state index in [1.54, 1.807) is 6.07 Å². The Morgan fingerprint density at radius 2 is 2.05 bits per heavy atom. The first-order valence-electron chi connectivity index (χ1n) is 7.32. The Morgan fingerprint density at radius 1 is 1.30 bits per heavy atom. The summed E-state index contributed by atoms with van der Waals surface area (Å²) < 4.78 is 0. The maximum Gasteiger partial charge on any atom is 0.337 e. The molecule has 0 amide bonds. The lowest BCUT2D eigenvalue weighted by Gasteiger charge is -2.44. The van der Waals surface area contributed by atoms with Gasteiger partial charge < -0.3 is 10.0 Å². The molecule has 0 aromatic carbocycles. The largest absolute Gasteiger partial charge is 0.478 e. The molecule has 3 rings (SSSR count). The number of carboxylic acid groups (broad SMARTS) is 1. The van der Waals surface area contributed by atoms with E-state index >= 15 is 0 Å². The number of nitrogens with zero attached hydrogens (tertiary/aromatic N) is 2. The van der Waals surface area contributed by atoms with Gasteiger partial charge in [-0.3, -0.25) is 0 Å². The molecule has 20 heavy (non-hydrogen) atoms. The minimum Gasteiger partial charge on any atom is -0.478 e. The lowest BCUT2D eigenvalue weighted by molar-refractivity contribution is 0.0697. The number of pyridine rings is 1. The fourth-order valence-electron chi connectivity index (χ4n) is 3.66. The van der Waals surface area contributed by atoms with Crippen molar-refractivity contribution in [2.24, 2.45) is 5.92 Å². The molecule has 0 bridgehead atoms. The Balaban J connectivity index is 1.91. The Kier molecular flexibility index (Phi) is 3.83. The average molecular weight is 295 g/mol. The van der Waals surface area contributed by atoms with Gasteiger partial charge in [-0.05, 0) is 37.7 Å². The molecule has 1 N–H and O–H groups in total. The summed E-state index contributed by atoms with van der Waals surface area (Å²) in [5, 5.41) is 9.40. The van der Waals surface area contributed by atoms with Crippen LogP contribution in [-0.2, 0) is 0 Å². The zero-order chi connectivity index (χ0) is 14.1. The number of rotatable bonds is 2. The predicted octanol–water partition coefficient (Wildman–Crippen LogP) is 3.59. The van der Waals surface area contributed by atoms with Gasteiger partial charge in [-0.1, -0.05) is 24.4 Å². The third kappa shape index (κ3) is 2.49. The van der Waals surface area contributed by atoms with Crippen molar-refractivity contribution in [2.75, 3.05) is 11.4 Å². The molecule has 1 aliphatic carbocycles. The topological polar surface area (TPSA) is 53.4 Å². The van der Waals surface area contributed by atoms with Gasteiger partial charge in [0, 0.05) is 18.8 Å². The second-order valence-electron chi connectivity index (χ2n) is 5.78. The molecule has 1 saturated carbocycles. The first-order valence-corrected chi connectivity index (χ1v) is 7.70. The van der Waals surface area contributed by atoms with Gasteiger partial charge in [0.15, 0.2) is 0 Å². The molecule has 4 nitrogen and oxygen atoms in total. The molecule has 5 heteroatoms. The van der Waals surface area contributed by atoms with E-state index in [2.05, 4.69) is 9.88 Å². The molecule has 2 atom stereocenters. The summed E-state index contributed by atoms with van der Waals surface area (Å²) in [4.78, 5) is 17.9. The van der Waals surface area contributed by atoms with E-state index in [0.717, 1.165) is 24.7 Å². The average Bonchev–Trinajstić information content (AvgIpc) is 2.47. The lowest BCUT2D eigenvalue weighted by atomic mass is 9.78.